The quantitative estimate of drug-likeness (QED) is 0.674. The van der Waals surface area contributed by atoms with Crippen molar-refractivity contribution in [3.8, 4) is 0 Å². The Balaban J connectivity index is 1.71. The van der Waals surface area contributed by atoms with Gasteiger partial charge in [0.15, 0.2) is 0 Å². The van der Waals surface area contributed by atoms with Crippen LogP contribution in [0.1, 0.15) is 39.0 Å². The SMILES string of the molecule is CCOC1CC(NCCCOC)C12CCC2. The van der Waals surface area contributed by atoms with E-state index in [0.717, 1.165) is 26.2 Å². The minimum absolute atomic E-state index is 0.503. The smallest absolute Gasteiger partial charge is 0.0661 e. The molecule has 0 aromatic heterocycles. The Kier molecular flexibility index (Phi) is 4.22. The highest BCUT2D eigenvalue weighted by Gasteiger charge is 2.58. The van der Waals surface area contributed by atoms with Crippen LogP contribution in [0.15, 0.2) is 0 Å². The second-order valence-corrected chi connectivity index (χ2v) is 5.12. The van der Waals surface area contributed by atoms with Crippen LogP contribution < -0.4 is 5.32 Å². The second-order valence-electron chi connectivity index (χ2n) is 5.12. The zero-order chi connectivity index (χ0) is 11.4. The van der Waals surface area contributed by atoms with Gasteiger partial charge in [0, 0.05) is 31.8 Å². The molecule has 0 radical (unpaired) electrons. The summed E-state index contributed by atoms with van der Waals surface area (Å²) in [5, 5.41) is 3.68. The van der Waals surface area contributed by atoms with Crippen LogP contribution in [0.5, 0.6) is 0 Å². The molecule has 3 nitrogen and oxygen atoms in total. The van der Waals surface area contributed by atoms with E-state index in [9.17, 15) is 0 Å². The molecule has 2 atom stereocenters. The molecule has 2 fully saturated rings. The maximum absolute atomic E-state index is 5.83. The molecular formula is C13H25NO2. The fourth-order valence-electron chi connectivity index (χ4n) is 3.22. The predicted octanol–water partition coefficient (Wildman–Crippen LogP) is 1.96. The topological polar surface area (TPSA) is 30.5 Å². The van der Waals surface area contributed by atoms with Gasteiger partial charge in [0.2, 0.25) is 0 Å². The van der Waals surface area contributed by atoms with Gasteiger partial charge in [-0.15, -0.1) is 0 Å². The third-order valence-corrected chi connectivity index (χ3v) is 4.35. The van der Waals surface area contributed by atoms with Gasteiger partial charge in [0.1, 0.15) is 0 Å². The van der Waals surface area contributed by atoms with Crippen LogP contribution >= 0.6 is 0 Å². The van der Waals surface area contributed by atoms with Crippen molar-refractivity contribution in [3.05, 3.63) is 0 Å². The zero-order valence-electron chi connectivity index (χ0n) is 10.6. The summed E-state index contributed by atoms with van der Waals surface area (Å²) >= 11 is 0. The van der Waals surface area contributed by atoms with E-state index in [1.807, 2.05) is 0 Å². The average molecular weight is 227 g/mol. The monoisotopic (exact) mass is 227 g/mol. The van der Waals surface area contributed by atoms with Gasteiger partial charge in [-0.3, -0.25) is 0 Å². The van der Waals surface area contributed by atoms with Crippen LogP contribution in [-0.2, 0) is 9.47 Å². The van der Waals surface area contributed by atoms with Crippen molar-refractivity contribution in [1.82, 2.24) is 5.32 Å². The number of rotatable bonds is 7. The summed E-state index contributed by atoms with van der Waals surface area (Å²) in [5.41, 5.74) is 0.503. The molecular weight excluding hydrogens is 202 g/mol. The Bertz CT molecular complexity index is 216. The lowest BCUT2D eigenvalue weighted by atomic mass is 9.51. The maximum atomic E-state index is 5.83. The first-order chi connectivity index (χ1) is 7.83. The highest BCUT2D eigenvalue weighted by Crippen LogP contribution is 2.57. The fourth-order valence-corrected chi connectivity index (χ4v) is 3.22. The van der Waals surface area contributed by atoms with Crippen LogP contribution in [-0.4, -0.2) is 39.0 Å². The van der Waals surface area contributed by atoms with E-state index in [1.54, 1.807) is 7.11 Å². The van der Waals surface area contributed by atoms with Crippen molar-refractivity contribution in [2.45, 2.75) is 51.2 Å². The average Bonchev–Trinajstić information content (AvgIpc) is 2.18. The number of hydrogen-bond acceptors (Lipinski definition) is 3. The van der Waals surface area contributed by atoms with Crippen molar-refractivity contribution in [3.63, 3.8) is 0 Å². The van der Waals surface area contributed by atoms with E-state index in [-0.39, 0.29) is 0 Å². The first-order valence-corrected chi connectivity index (χ1v) is 6.67. The lowest BCUT2D eigenvalue weighted by Crippen LogP contribution is -2.66. The molecule has 0 aromatic carbocycles. The van der Waals surface area contributed by atoms with Gasteiger partial charge in [-0.2, -0.15) is 0 Å². The molecule has 94 valence electrons. The lowest BCUT2D eigenvalue weighted by Gasteiger charge is -2.61. The summed E-state index contributed by atoms with van der Waals surface area (Å²) in [6, 6.07) is 0.703. The Hall–Kier alpha value is -0.120. The van der Waals surface area contributed by atoms with E-state index in [4.69, 9.17) is 9.47 Å². The molecule has 0 amide bonds. The molecule has 1 spiro atoms. The van der Waals surface area contributed by atoms with E-state index in [1.165, 1.54) is 25.7 Å². The normalized spacial score (nSPS) is 31.1. The molecule has 0 saturated heterocycles. The molecule has 3 heteroatoms. The Labute approximate surface area is 98.9 Å². The van der Waals surface area contributed by atoms with Crippen molar-refractivity contribution in [2.24, 2.45) is 5.41 Å². The Morgan fingerprint density at radius 2 is 2.19 bits per heavy atom. The fraction of sp³-hybridized carbons (Fsp3) is 1.00. The molecule has 2 unspecified atom stereocenters. The predicted molar refractivity (Wildman–Crippen MR) is 64.6 cm³/mol. The van der Waals surface area contributed by atoms with Gasteiger partial charge < -0.3 is 14.8 Å². The lowest BCUT2D eigenvalue weighted by molar-refractivity contribution is -0.172. The zero-order valence-corrected chi connectivity index (χ0v) is 10.6. The van der Waals surface area contributed by atoms with Crippen molar-refractivity contribution < 1.29 is 9.47 Å². The van der Waals surface area contributed by atoms with Crippen LogP contribution in [0.3, 0.4) is 0 Å². The van der Waals surface area contributed by atoms with Gasteiger partial charge in [0.25, 0.3) is 0 Å². The summed E-state index contributed by atoms with van der Waals surface area (Å²) in [6.07, 6.45) is 6.97. The number of hydrogen-bond donors (Lipinski definition) is 1. The van der Waals surface area contributed by atoms with Gasteiger partial charge in [-0.05, 0) is 39.2 Å². The van der Waals surface area contributed by atoms with Crippen LogP contribution in [0.4, 0.5) is 0 Å². The summed E-state index contributed by atoms with van der Waals surface area (Å²) < 4.78 is 10.9. The molecule has 2 rings (SSSR count). The van der Waals surface area contributed by atoms with Crippen LogP contribution in [0.2, 0.25) is 0 Å². The molecule has 2 aliphatic rings. The minimum Gasteiger partial charge on any atom is -0.385 e. The molecule has 0 aliphatic heterocycles. The standard InChI is InChI=1S/C13H25NO2/c1-3-16-12-10-11(13(12)6-4-7-13)14-8-5-9-15-2/h11-12,14H,3-10H2,1-2H3. The van der Waals surface area contributed by atoms with Crippen molar-refractivity contribution in [2.75, 3.05) is 26.9 Å². The first-order valence-electron chi connectivity index (χ1n) is 6.67. The van der Waals surface area contributed by atoms with Crippen LogP contribution in [0.25, 0.3) is 0 Å². The van der Waals surface area contributed by atoms with E-state index in [0.29, 0.717) is 17.6 Å². The maximum Gasteiger partial charge on any atom is 0.0661 e. The Morgan fingerprint density at radius 1 is 1.38 bits per heavy atom. The number of nitrogens with one attached hydrogen (secondary N) is 1. The summed E-state index contributed by atoms with van der Waals surface area (Å²) in [7, 11) is 1.77. The van der Waals surface area contributed by atoms with Gasteiger partial charge in [-0.25, -0.2) is 0 Å². The van der Waals surface area contributed by atoms with Gasteiger partial charge in [-0.1, -0.05) is 6.42 Å². The molecule has 16 heavy (non-hydrogen) atoms. The van der Waals surface area contributed by atoms with E-state index >= 15 is 0 Å². The van der Waals surface area contributed by atoms with Crippen molar-refractivity contribution in [1.29, 1.82) is 0 Å². The third kappa shape index (κ3) is 2.13. The molecule has 0 aromatic rings. The Morgan fingerprint density at radius 3 is 2.75 bits per heavy atom. The molecule has 1 N–H and O–H groups in total. The van der Waals surface area contributed by atoms with Crippen molar-refractivity contribution >= 4 is 0 Å². The number of methoxy groups -OCH3 is 1. The molecule has 2 aliphatic carbocycles. The highest BCUT2D eigenvalue weighted by molar-refractivity contribution is 5.11. The van der Waals surface area contributed by atoms with Gasteiger partial charge >= 0.3 is 0 Å². The summed E-state index contributed by atoms with van der Waals surface area (Å²) in [6.45, 7) is 4.91. The second kappa shape index (κ2) is 5.48. The van der Waals surface area contributed by atoms with E-state index in [2.05, 4.69) is 12.2 Å². The summed E-state index contributed by atoms with van der Waals surface area (Å²) in [4.78, 5) is 0. The molecule has 2 saturated carbocycles. The molecule has 0 heterocycles. The molecule has 0 bridgehead atoms. The highest BCUT2D eigenvalue weighted by atomic mass is 16.5. The minimum atomic E-state index is 0.503. The van der Waals surface area contributed by atoms with Crippen LogP contribution in [0, 0.1) is 5.41 Å². The number of ether oxygens (including phenoxy) is 2. The van der Waals surface area contributed by atoms with E-state index < -0.39 is 0 Å². The first kappa shape index (κ1) is 12.3. The third-order valence-electron chi connectivity index (χ3n) is 4.35. The largest absolute Gasteiger partial charge is 0.385 e. The summed E-state index contributed by atoms with van der Waals surface area (Å²) in [5.74, 6) is 0. The van der Waals surface area contributed by atoms with Gasteiger partial charge in [0.05, 0.1) is 6.10 Å².